The molecule has 0 amide bonds. The zero-order chi connectivity index (χ0) is 78.2. The molecule has 10 rings (SSSR count). The van der Waals surface area contributed by atoms with E-state index in [0.29, 0.717) is 0 Å². The second-order valence-electron chi connectivity index (χ2n) is 29.9. The molecule has 7 heteroatoms. The molecule has 0 saturated carbocycles. The summed E-state index contributed by atoms with van der Waals surface area (Å²) in [5, 5.41) is 5.93. The summed E-state index contributed by atoms with van der Waals surface area (Å²) in [5.41, 5.74) is 57.8. The smallest absolute Gasteiger partial charge is 0.125 e. The van der Waals surface area contributed by atoms with Crippen LogP contribution < -0.4 is 0 Å². The highest BCUT2D eigenvalue weighted by Crippen LogP contribution is 2.39. The fourth-order valence-corrected chi connectivity index (χ4v) is 13.7. The quantitative estimate of drug-likeness (QED) is 0.149. The number of aromatic nitrogens is 7. The molecule has 0 unspecified atom stereocenters. The number of pyridine rings is 3. The first-order valence-corrected chi connectivity index (χ1v) is 36.6. The van der Waals surface area contributed by atoms with Gasteiger partial charge in [0.2, 0.25) is 0 Å². The molecule has 10 aromatic rings. The summed E-state index contributed by atoms with van der Waals surface area (Å²) in [6.45, 7) is 97.0. The Morgan fingerprint density at radius 1 is 0.0891 bits per heavy atom. The Morgan fingerprint density at radius 3 is 0.297 bits per heavy atom. The number of rotatable bonds is 0. The molecule has 0 radical (unpaired) electrons. The van der Waals surface area contributed by atoms with Crippen molar-refractivity contribution in [1.29, 1.82) is 0 Å². The van der Waals surface area contributed by atoms with Crippen molar-refractivity contribution in [3.05, 3.63) is 252 Å². The van der Waals surface area contributed by atoms with Gasteiger partial charge in [0.25, 0.3) is 0 Å². The van der Waals surface area contributed by atoms with Gasteiger partial charge in [0.05, 0.1) is 0 Å². The standard InChI is InChI=1S/2C18H24.C12H18.3C10H15N.2C8H12N2/c2*1-9-10(2)14(6)18-16(8)12(4)11(3)15(7)17(18)13(9)5;1-7-8(2)10(4)12(6)11(5)9(7)3;3*1-6-7(2)9(4)11-10(5)8(6)3;2*1-5-6(2)9-8(4)10-7(5)3/h2*1-8H3;1-6H3;3*1-5H3;2*1-4H3. The van der Waals surface area contributed by atoms with Gasteiger partial charge in [0.15, 0.2) is 0 Å². The minimum atomic E-state index is 0.862. The van der Waals surface area contributed by atoms with Gasteiger partial charge in [-0.05, 0) is 517 Å². The van der Waals surface area contributed by atoms with Gasteiger partial charge in [-0.2, -0.15) is 0 Å². The Hall–Kier alpha value is -7.77. The maximum Gasteiger partial charge on any atom is 0.125 e. The molecule has 0 fully saturated rings. The predicted molar refractivity (Wildman–Crippen MR) is 444 cm³/mol. The topological polar surface area (TPSA) is 90.2 Å². The lowest BCUT2D eigenvalue weighted by Crippen LogP contribution is -2.01. The average Bonchev–Trinajstić information content (AvgIpc) is 0.748. The number of fused-ring (bicyclic) bond motifs is 2. The lowest BCUT2D eigenvalue weighted by Gasteiger charge is -2.21. The van der Waals surface area contributed by atoms with Gasteiger partial charge in [-0.1, -0.05) is 0 Å². The van der Waals surface area contributed by atoms with E-state index < -0.39 is 0 Å². The van der Waals surface area contributed by atoms with Crippen molar-refractivity contribution in [2.75, 3.05) is 0 Å². The van der Waals surface area contributed by atoms with Crippen molar-refractivity contribution >= 4 is 21.5 Å². The highest BCUT2D eigenvalue weighted by molar-refractivity contribution is 5.98. The van der Waals surface area contributed by atoms with Crippen LogP contribution in [0.25, 0.3) is 21.5 Å². The first kappa shape index (κ1) is 87.4. The summed E-state index contributed by atoms with van der Waals surface area (Å²) in [6, 6.07) is 0. The molecule has 0 N–H and O–H groups in total. The van der Waals surface area contributed by atoms with E-state index in [0.717, 1.165) is 68.6 Å². The van der Waals surface area contributed by atoms with E-state index in [1.807, 2.05) is 55.4 Å². The second kappa shape index (κ2) is 35.9. The van der Waals surface area contributed by atoms with E-state index in [1.165, 1.54) is 205 Å². The molecular weight excluding hydrogens is 1230 g/mol. The molecule has 0 saturated heterocycles. The zero-order valence-electron chi connectivity index (χ0n) is 72.6. The van der Waals surface area contributed by atoms with Crippen molar-refractivity contribution in [1.82, 2.24) is 34.9 Å². The van der Waals surface area contributed by atoms with Crippen LogP contribution in [0.15, 0.2) is 0 Å². The fraction of sp³-hybridized carbons (Fsp3) is 0.479. The normalized spacial score (nSPS) is 10.6. The SMILES string of the molecule is Cc1c(C)c(C)c(C)c(C)c1C.Cc1c(C)c(C)c2c(C)c(C)c(C)c(C)c2c1C.Cc1c(C)c(C)c2c(C)c(C)c(C)c(C)c2c1C.Cc1nc(C)c(C)c(C)c1C.Cc1nc(C)c(C)c(C)c1C.Cc1nc(C)c(C)c(C)c1C.Cc1nc(C)c(C)c(C)n1.Cc1nc(C)c(C)c(C)n1. The number of hydrogen-bond donors (Lipinski definition) is 0. The molecule has 0 aliphatic rings. The van der Waals surface area contributed by atoms with Crippen LogP contribution in [0.4, 0.5) is 0 Å². The minimum Gasteiger partial charge on any atom is -0.258 e. The molecule has 101 heavy (non-hydrogen) atoms. The van der Waals surface area contributed by atoms with E-state index in [4.69, 9.17) is 0 Å². The fourth-order valence-electron chi connectivity index (χ4n) is 13.7. The summed E-state index contributed by atoms with van der Waals surface area (Å²) in [4.78, 5) is 30.2. The average molecular weight is 1360 g/mol. The maximum absolute atomic E-state index is 4.43. The van der Waals surface area contributed by atoms with Crippen LogP contribution >= 0.6 is 0 Å². The third kappa shape index (κ3) is 19.5. The Kier molecular flexibility index (Phi) is 31.1. The molecule has 7 nitrogen and oxygen atoms in total. The van der Waals surface area contributed by atoms with Gasteiger partial charge in [-0.15, -0.1) is 0 Å². The summed E-state index contributed by atoms with van der Waals surface area (Å²) < 4.78 is 0. The lowest BCUT2D eigenvalue weighted by atomic mass is 9.83. The minimum absolute atomic E-state index is 0.862. The molecule has 5 aromatic heterocycles. The van der Waals surface area contributed by atoms with Gasteiger partial charge >= 0.3 is 0 Å². The van der Waals surface area contributed by atoms with E-state index in [1.54, 1.807) is 0 Å². The molecule has 5 aromatic carbocycles. The van der Waals surface area contributed by atoms with Crippen molar-refractivity contribution in [3.63, 3.8) is 0 Å². The molecule has 0 bridgehead atoms. The van der Waals surface area contributed by atoms with Crippen molar-refractivity contribution in [2.45, 2.75) is 312 Å². The summed E-state index contributed by atoms with van der Waals surface area (Å²) in [7, 11) is 0. The third-order valence-corrected chi connectivity index (χ3v) is 24.8. The second-order valence-corrected chi connectivity index (χ2v) is 29.9. The lowest BCUT2D eigenvalue weighted by molar-refractivity contribution is 0.948. The molecular formula is C94H135N7. The van der Waals surface area contributed by atoms with E-state index in [2.05, 4.69) is 291 Å². The monoisotopic (exact) mass is 1360 g/mol. The first-order chi connectivity index (χ1) is 46.4. The summed E-state index contributed by atoms with van der Waals surface area (Å²) >= 11 is 0. The number of nitrogens with zero attached hydrogens (tertiary/aromatic N) is 7. The van der Waals surface area contributed by atoms with Gasteiger partial charge in [-0.3, -0.25) is 15.0 Å². The zero-order valence-corrected chi connectivity index (χ0v) is 72.6. The number of hydrogen-bond acceptors (Lipinski definition) is 7. The van der Waals surface area contributed by atoms with Crippen LogP contribution in [0.2, 0.25) is 0 Å². The van der Waals surface area contributed by atoms with Crippen LogP contribution in [0.5, 0.6) is 0 Å². The van der Waals surface area contributed by atoms with Crippen molar-refractivity contribution in [3.8, 4) is 0 Å². The Balaban J connectivity index is 0.000000304. The highest BCUT2D eigenvalue weighted by atomic mass is 14.9. The van der Waals surface area contributed by atoms with Gasteiger partial charge in [-0.25, -0.2) is 19.9 Å². The largest absolute Gasteiger partial charge is 0.258 e. The van der Waals surface area contributed by atoms with Crippen molar-refractivity contribution < 1.29 is 0 Å². The van der Waals surface area contributed by atoms with Crippen LogP contribution in [0.1, 0.15) is 252 Å². The Labute approximate surface area is 616 Å². The van der Waals surface area contributed by atoms with Gasteiger partial charge in [0, 0.05) is 56.9 Å². The van der Waals surface area contributed by atoms with Crippen LogP contribution in [0.3, 0.4) is 0 Å². The number of benzene rings is 5. The summed E-state index contributed by atoms with van der Waals surface area (Å²) in [5.74, 6) is 1.72. The molecule has 0 aliphatic heterocycles. The van der Waals surface area contributed by atoms with Crippen LogP contribution in [0, 0.1) is 312 Å². The van der Waals surface area contributed by atoms with E-state index >= 15 is 0 Å². The van der Waals surface area contributed by atoms with Crippen molar-refractivity contribution in [2.24, 2.45) is 0 Å². The molecule has 546 valence electrons. The molecule has 5 heterocycles. The third-order valence-electron chi connectivity index (χ3n) is 24.8. The molecule has 0 spiro atoms. The highest BCUT2D eigenvalue weighted by Gasteiger charge is 2.19. The van der Waals surface area contributed by atoms with E-state index in [-0.39, 0.29) is 0 Å². The Bertz CT molecular complexity index is 3990. The maximum atomic E-state index is 4.43. The van der Waals surface area contributed by atoms with Crippen LogP contribution in [-0.2, 0) is 0 Å². The first-order valence-electron chi connectivity index (χ1n) is 36.6. The summed E-state index contributed by atoms with van der Waals surface area (Å²) in [6.07, 6.45) is 0. The molecule has 0 atom stereocenters. The number of aryl methyl sites for hydroxylation is 20. The van der Waals surface area contributed by atoms with Gasteiger partial charge in [0.1, 0.15) is 11.6 Å². The Morgan fingerprint density at radius 2 is 0.178 bits per heavy atom. The van der Waals surface area contributed by atoms with Crippen LogP contribution in [-0.4, -0.2) is 34.9 Å². The van der Waals surface area contributed by atoms with E-state index in [9.17, 15) is 0 Å². The molecule has 0 aliphatic carbocycles. The predicted octanol–water partition coefficient (Wildman–Crippen LogP) is 25.4. The van der Waals surface area contributed by atoms with Gasteiger partial charge < -0.3 is 0 Å².